The topological polar surface area (TPSA) is 76.5 Å². The van der Waals surface area contributed by atoms with Gasteiger partial charge in [-0.1, -0.05) is 39.0 Å². The first-order chi connectivity index (χ1) is 13.9. The number of hydrogen-bond donors (Lipinski definition) is 1. The molecule has 0 aliphatic heterocycles. The van der Waals surface area contributed by atoms with E-state index in [0.29, 0.717) is 18.1 Å². The summed E-state index contributed by atoms with van der Waals surface area (Å²) in [4.78, 5) is 26.7. The monoisotopic (exact) mass is 414 g/mol. The van der Waals surface area contributed by atoms with E-state index in [2.05, 4.69) is 26.1 Å². The molecule has 1 N–H and O–H groups in total. The summed E-state index contributed by atoms with van der Waals surface area (Å²) in [5.41, 5.74) is 0.457. The fourth-order valence-corrected chi connectivity index (χ4v) is 2.83. The molecule has 30 heavy (non-hydrogen) atoms. The molecular formula is C23H34N4O3. The highest BCUT2D eigenvalue weighted by Gasteiger charge is 2.26. The van der Waals surface area contributed by atoms with Crippen molar-refractivity contribution in [3.05, 3.63) is 42.1 Å². The third-order valence-electron chi connectivity index (χ3n) is 4.56. The number of nitrogens with one attached hydrogen (secondary N) is 1. The average molecular weight is 415 g/mol. The van der Waals surface area contributed by atoms with Crippen molar-refractivity contribution in [3.63, 3.8) is 0 Å². The molecule has 0 unspecified atom stereocenters. The molecule has 0 saturated heterocycles. The van der Waals surface area contributed by atoms with Gasteiger partial charge in [0.05, 0.1) is 17.8 Å². The molecule has 2 aromatic rings. The van der Waals surface area contributed by atoms with Crippen LogP contribution < -0.4 is 10.1 Å². The molecule has 0 bridgehead atoms. The Labute approximate surface area is 179 Å². The highest BCUT2D eigenvalue weighted by Crippen LogP contribution is 2.28. The quantitative estimate of drug-likeness (QED) is 0.748. The van der Waals surface area contributed by atoms with Crippen LogP contribution in [0, 0.1) is 0 Å². The van der Waals surface area contributed by atoms with Crippen molar-refractivity contribution < 1.29 is 14.3 Å². The predicted octanol–water partition coefficient (Wildman–Crippen LogP) is 3.80. The number of carbonyl (C=O) groups is 2. The molecule has 1 aromatic heterocycles. The highest BCUT2D eigenvalue weighted by molar-refractivity contribution is 5.94. The van der Waals surface area contributed by atoms with Crippen LogP contribution in [0.15, 0.2) is 36.4 Å². The SMILES string of the molecule is CCN(CC(=O)Nc1cc(C(C)(C)C)nn1C(C)(C)C)C(=O)COc1ccccc1. The van der Waals surface area contributed by atoms with Gasteiger partial charge in [0.25, 0.3) is 5.91 Å². The Bertz CT molecular complexity index is 861. The summed E-state index contributed by atoms with van der Waals surface area (Å²) in [6, 6.07) is 11.0. The lowest BCUT2D eigenvalue weighted by Gasteiger charge is -2.24. The molecule has 0 fully saturated rings. The Morgan fingerprint density at radius 3 is 2.27 bits per heavy atom. The van der Waals surface area contributed by atoms with Crippen LogP contribution in [0.5, 0.6) is 5.75 Å². The van der Waals surface area contributed by atoms with Gasteiger partial charge in [-0.15, -0.1) is 0 Å². The van der Waals surface area contributed by atoms with Gasteiger partial charge < -0.3 is 15.0 Å². The Balaban J connectivity index is 2.06. The van der Waals surface area contributed by atoms with Gasteiger partial charge in [0.1, 0.15) is 11.6 Å². The third-order valence-corrected chi connectivity index (χ3v) is 4.56. The van der Waals surface area contributed by atoms with E-state index >= 15 is 0 Å². The summed E-state index contributed by atoms with van der Waals surface area (Å²) in [5, 5.41) is 7.63. The molecule has 0 spiro atoms. The van der Waals surface area contributed by atoms with Crippen molar-refractivity contribution >= 4 is 17.6 Å². The number of aromatic nitrogens is 2. The zero-order valence-corrected chi connectivity index (χ0v) is 19.2. The second-order valence-corrected chi connectivity index (χ2v) is 9.31. The molecule has 0 aliphatic rings. The van der Waals surface area contributed by atoms with Gasteiger partial charge in [-0.25, -0.2) is 4.68 Å². The first-order valence-electron chi connectivity index (χ1n) is 10.3. The van der Waals surface area contributed by atoms with Gasteiger partial charge in [0.2, 0.25) is 5.91 Å². The molecule has 1 heterocycles. The molecule has 2 amide bonds. The number of amides is 2. The predicted molar refractivity (Wildman–Crippen MR) is 119 cm³/mol. The zero-order chi connectivity index (χ0) is 22.5. The standard InChI is InChI=1S/C23H34N4O3/c1-8-26(21(29)16-30-17-12-10-9-11-13-17)15-20(28)24-19-14-18(22(2,3)4)25-27(19)23(5,6)7/h9-14H,8,15-16H2,1-7H3,(H,24,28). The van der Waals surface area contributed by atoms with Gasteiger partial charge in [-0.3, -0.25) is 9.59 Å². The van der Waals surface area contributed by atoms with Crippen LogP contribution in [0.3, 0.4) is 0 Å². The molecule has 0 aliphatic carbocycles. The minimum absolute atomic E-state index is 0.0480. The largest absolute Gasteiger partial charge is 0.484 e. The summed E-state index contributed by atoms with van der Waals surface area (Å²) < 4.78 is 7.34. The minimum Gasteiger partial charge on any atom is -0.484 e. The van der Waals surface area contributed by atoms with Crippen molar-refractivity contribution in [1.82, 2.24) is 14.7 Å². The Morgan fingerprint density at radius 1 is 1.10 bits per heavy atom. The lowest BCUT2D eigenvalue weighted by molar-refractivity contribution is -0.136. The van der Waals surface area contributed by atoms with Crippen molar-refractivity contribution in [2.45, 2.75) is 59.4 Å². The van der Waals surface area contributed by atoms with Crippen molar-refractivity contribution in [2.75, 3.05) is 25.0 Å². The normalized spacial score (nSPS) is 11.8. The molecule has 7 nitrogen and oxygen atoms in total. The van der Waals surface area contributed by atoms with E-state index in [1.807, 2.05) is 56.6 Å². The van der Waals surface area contributed by atoms with Gasteiger partial charge in [-0.05, 0) is 39.8 Å². The highest BCUT2D eigenvalue weighted by atomic mass is 16.5. The first kappa shape index (κ1) is 23.4. The number of para-hydroxylation sites is 1. The second kappa shape index (κ2) is 9.32. The van der Waals surface area contributed by atoms with Crippen LogP contribution in [-0.4, -0.2) is 46.2 Å². The maximum absolute atomic E-state index is 12.7. The number of likely N-dealkylation sites (N-methyl/N-ethyl adjacent to an activating group) is 1. The number of ether oxygens (including phenoxy) is 1. The number of carbonyl (C=O) groups excluding carboxylic acids is 2. The van der Waals surface area contributed by atoms with Crippen LogP contribution in [0.4, 0.5) is 5.82 Å². The van der Waals surface area contributed by atoms with Gasteiger partial charge >= 0.3 is 0 Å². The fourth-order valence-electron chi connectivity index (χ4n) is 2.83. The van der Waals surface area contributed by atoms with Crippen LogP contribution in [0.25, 0.3) is 0 Å². The molecular weight excluding hydrogens is 380 g/mol. The minimum atomic E-state index is -0.296. The average Bonchev–Trinajstić information content (AvgIpc) is 3.09. The van der Waals surface area contributed by atoms with Crippen molar-refractivity contribution in [3.8, 4) is 5.75 Å². The number of hydrogen-bond acceptors (Lipinski definition) is 4. The molecule has 2 rings (SSSR count). The molecule has 0 radical (unpaired) electrons. The lowest BCUT2D eigenvalue weighted by atomic mass is 9.92. The van der Waals surface area contributed by atoms with Crippen molar-refractivity contribution in [2.24, 2.45) is 0 Å². The van der Waals surface area contributed by atoms with Gasteiger partial charge in [-0.2, -0.15) is 5.10 Å². The van der Waals surface area contributed by atoms with E-state index in [1.165, 1.54) is 4.90 Å². The van der Waals surface area contributed by atoms with E-state index in [-0.39, 0.29) is 35.9 Å². The Kier molecular flexibility index (Phi) is 7.29. The maximum atomic E-state index is 12.7. The molecule has 0 saturated carbocycles. The second-order valence-electron chi connectivity index (χ2n) is 9.31. The first-order valence-corrected chi connectivity index (χ1v) is 10.3. The van der Waals surface area contributed by atoms with Crippen LogP contribution in [-0.2, 0) is 20.5 Å². The summed E-state index contributed by atoms with van der Waals surface area (Å²) in [7, 11) is 0. The van der Waals surface area contributed by atoms with E-state index in [9.17, 15) is 9.59 Å². The van der Waals surface area contributed by atoms with E-state index < -0.39 is 0 Å². The summed E-state index contributed by atoms with van der Waals surface area (Å²) in [5.74, 6) is 0.739. The smallest absolute Gasteiger partial charge is 0.260 e. The van der Waals surface area contributed by atoms with Crippen LogP contribution >= 0.6 is 0 Å². The van der Waals surface area contributed by atoms with E-state index in [1.54, 1.807) is 12.1 Å². The summed E-state index contributed by atoms with van der Waals surface area (Å²) >= 11 is 0. The Hall–Kier alpha value is -2.83. The molecule has 7 heteroatoms. The van der Waals surface area contributed by atoms with Gasteiger partial charge in [0.15, 0.2) is 6.61 Å². The number of nitrogens with zero attached hydrogens (tertiary/aromatic N) is 3. The van der Waals surface area contributed by atoms with Gasteiger partial charge in [0, 0.05) is 18.0 Å². The maximum Gasteiger partial charge on any atom is 0.260 e. The zero-order valence-electron chi connectivity index (χ0n) is 19.2. The lowest BCUT2D eigenvalue weighted by Crippen LogP contribution is -2.40. The Morgan fingerprint density at radius 2 is 1.73 bits per heavy atom. The van der Waals surface area contributed by atoms with E-state index in [4.69, 9.17) is 9.84 Å². The van der Waals surface area contributed by atoms with Crippen LogP contribution in [0.2, 0.25) is 0 Å². The fraction of sp³-hybridized carbons (Fsp3) is 0.522. The van der Waals surface area contributed by atoms with E-state index in [0.717, 1.165) is 5.69 Å². The number of anilines is 1. The van der Waals surface area contributed by atoms with Crippen LogP contribution in [0.1, 0.15) is 54.2 Å². The number of benzene rings is 1. The summed E-state index contributed by atoms with van der Waals surface area (Å²) in [6.45, 7) is 14.4. The number of rotatable bonds is 7. The summed E-state index contributed by atoms with van der Waals surface area (Å²) in [6.07, 6.45) is 0. The molecule has 1 aromatic carbocycles. The molecule has 164 valence electrons. The van der Waals surface area contributed by atoms with Crippen molar-refractivity contribution in [1.29, 1.82) is 0 Å². The molecule has 0 atom stereocenters. The third kappa shape index (κ3) is 6.34.